The zero-order chi connectivity index (χ0) is 22.4. The molecule has 160 valence electrons. The standard InChI is InChI=1S/C22H21N3O5S/c1-3-30-21(29)15-9-11-16(12-10-15)23-18(26)13(2)31-22-24-19(27)17(20(28)25-22)14-7-5-4-6-8-14/h4-13H,3H2,1-2H3,(H,23,26)(H2,24,25,27,28)/t13-/m1/s1. The summed E-state index contributed by atoms with van der Waals surface area (Å²) in [6.45, 7) is 3.65. The first kappa shape index (κ1) is 22.1. The fourth-order valence-corrected chi connectivity index (χ4v) is 3.52. The number of nitrogens with one attached hydrogen (secondary N) is 2. The highest BCUT2D eigenvalue weighted by atomic mass is 32.2. The van der Waals surface area contributed by atoms with E-state index in [1.165, 1.54) is 0 Å². The van der Waals surface area contributed by atoms with Crippen molar-refractivity contribution >= 4 is 29.3 Å². The molecule has 9 heteroatoms. The molecule has 1 aromatic heterocycles. The van der Waals surface area contributed by atoms with Crippen molar-refractivity contribution in [2.24, 2.45) is 0 Å². The average Bonchev–Trinajstić information content (AvgIpc) is 2.74. The van der Waals surface area contributed by atoms with Gasteiger partial charge in [-0.1, -0.05) is 42.1 Å². The molecule has 0 aliphatic carbocycles. The molecule has 1 atom stereocenters. The van der Waals surface area contributed by atoms with Gasteiger partial charge >= 0.3 is 5.97 Å². The van der Waals surface area contributed by atoms with Crippen LogP contribution in [0.25, 0.3) is 11.1 Å². The molecule has 0 bridgehead atoms. The molecular weight excluding hydrogens is 418 g/mol. The lowest BCUT2D eigenvalue weighted by Crippen LogP contribution is -2.23. The van der Waals surface area contributed by atoms with E-state index in [-0.39, 0.29) is 23.2 Å². The van der Waals surface area contributed by atoms with Gasteiger partial charge in [0.25, 0.3) is 5.56 Å². The van der Waals surface area contributed by atoms with Crippen molar-refractivity contribution in [2.45, 2.75) is 24.3 Å². The van der Waals surface area contributed by atoms with E-state index in [0.717, 1.165) is 11.8 Å². The number of thioether (sulfide) groups is 1. The fraction of sp³-hybridized carbons (Fsp3) is 0.182. The van der Waals surface area contributed by atoms with Gasteiger partial charge in [-0.05, 0) is 43.7 Å². The lowest BCUT2D eigenvalue weighted by atomic mass is 10.1. The largest absolute Gasteiger partial charge is 0.493 e. The molecular formula is C22H21N3O5S. The third-order valence-electron chi connectivity index (χ3n) is 4.26. The van der Waals surface area contributed by atoms with Crippen molar-refractivity contribution in [3.63, 3.8) is 0 Å². The highest BCUT2D eigenvalue weighted by molar-refractivity contribution is 8.00. The Kier molecular flexibility index (Phi) is 7.09. The minimum absolute atomic E-state index is 0.0729. The number of esters is 1. The van der Waals surface area contributed by atoms with Gasteiger partial charge in [0.1, 0.15) is 5.56 Å². The molecule has 0 spiro atoms. The number of hydrogen-bond acceptors (Lipinski definition) is 7. The third-order valence-corrected chi connectivity index (χ3v) is 5.25. The normalized spacial score (nSPS) is 11.5. The lowest BCUT2D eigenvalue weighted by Gasteiger charge is -2.12. The molecule has 1 heterocycles. The van der Waals surface area contributed by atoms with Crippen LogP contribution in [0.4, 0.5) is 5.69 Å². The van der Waals surface area contributed by atoms with Gasteiger partial charge in [-0.25, -0.2) is 4.79 Å². The summed E-state index contributed by atoms with van der Waals surface area (Å²) in [6, 6.07) is 15.0. The first-order valence-electron chi connectivity index (χ1n) is 9.52. The van der Waals surface area contributed by atoms with E-state index < -0.39 is 22.7 Å². The molecule has 3 aromatic rings. The molecule has 0 fully saturated rings. The van der Waals surface area contributed by atoms with Gasteiger partial charge in [-0.3, -0.25) is 9.59 Å². The highest BCUT2D eigenvalue weighted by Gasteiger charge is 2.19. The summed E-state index contributed by atoms with van der Waals surface area (Å²) in [4.78, 5) is 43.2. The van der Waals surface area contributed by atoms with Crippen LogP contribution in [0.1, 0.15) is 24.2 Å². The second-order valence-corrected chi connectivity index (χ2v) is 7.81. The number of aromatic nitrogens is 2. The summed E-state index contributed by atoms with van der Waals surface area (Å²) < 4.78 is 4.92. The second-order valence-electron chi connectivity index (χ2n) is 6.48. The number of anilines is 1. The van der Waals surface area contributed by atoms with Gasteiger partial charge in [-0.15, -0.1) is 0 Å². The van der Waals surface area contributed by atoms with Gasteiger partial charge in [0.05, 0.1) is 17.4 Å². The topological polar surface area (TPSA) is 121 Å². The van der Waals surface area contributed by atoms with E-state index in [0.29, 0.717) is 16.8 Å². The summed E-state index contributed by atoms with van der Waals surface area (Å²) in [5, 5.41) is 12.5. The van der Waals surface area contributed by atoms with Crippen molar-refractivity contribution in [3.8, 4) is 17.0 Å². The van der Waals surface area contributed by atoms with E-state index in [1.807, 2.05) is 0 Å². The van der Waals surface area contributed by atoms with Crippen LogP contribution in [0.15, 0.2) is 64.5 Å². The van der Waals surface area contributed by atoms with Gasteiger partial charge in [0.15, 0.2) is 5.16 Å². The maximum absolute atomic E-state index is 12.5. The quantitative estimate of drug-likeness (QED) is 0.293. The smallest absolute Gasteiger partial charge is 0.338 e. The molecule has 0 aliphatic heterocycles. The second kappa shape index (κ2) is 9.94. The number of ether oxygens (including phenoxy) is 1. The monoisotopic (exact) mass is 439 g/mol. The van der Waals surface area contributed by atoms with Gasteiger partial charge < -0.3 is 20.1 Å². The summed E-state index contributed by atoms with van der Waals surface area (Å²) >= 11 is 1.00. The number of benzene rings is 2. The summed E-state index contributed by atoms with van der Waals surface area (Å²) in [5.41, 5.74) is 1.02. The predicted octanol–water partition coefficient (Wildman–Crippen LogP) is 3.44. The molecule has 2 aromatic carbocycles. The zero-order valence-electron chi connectivity index (χ0n) is 16.9. The van der Waals surface area contributed by atoms with Gasteiger partial charge in [0, 0.05) is 5.69 Å². The number of hydrogen-bond donors (Lipinski definition) is 3. The summed E-state index contributed by atoms with van der Waals surface area (Å²) in [5.74, 6) is -1.17. The number of amides is 1. The van der Waals surface area contributed by atoms with Crippen LogP contribution in [0.5, 0.6) is 5.88 Å². The lowest BCUT2D eigenvalue weighted by molar-refractivity contribution is -0.115. The molecule has 0 aliphatic rings. The Morgan fingerprint density at radius 1 is 1.16 bits per heavy atom. The van der Waals surface area contributed by atoms with E-state index in [2.05, 4.69) is 15.3 Å². The average molecular weight is 439 g/mol. The number of carbonyl (C=O) groups excluding carboxylic acids is 2. The van der Waals surface area contributed by atoms with Crippen LogP contribution in [0, 0.1) is 0 Å². The minimum atomic E-state index is -0.616. The van der Waals surface area contributed by atoms with Crippen molar-refractivity contribution < 1.29 is 19.4 Å². The first-order chi connectivity index (χ1) is 14.9. The number of H-pyrrole nitrogens is 1. The third kappa shape index (κ3) is 5.52. The van der Waals surface area contributed by atoms with E-state index in [9.17, 15) is 19.5 Å². The van der Waals surface area contributed by atoms with Gasteiger partial charge in [-0.2, -0.15) is 4.98 Å². The van der Waals surface area contributed by atoms with Crippen molar-refractivity contribution in [3.05, 3.63) is 70.5 Å². The Morgan fingerprint density at radius 2 is 1.84 bits per heavy atom. The minimum Gasteiger partial charge on any atom is -0.493 e. The van der Waals surface area contributed by atoms with E-state index in [4.69, 9.17) is 4.74 Å². The Bertz CT molecular complexity index is 1130. The number of aromatic hydroxyl groups is 1. The van der Waals surface area contributed by atoms with Crippen LogP contribution >= 0.6 is 11.8 Å². The van der Waals surface area contributed by atoms with Gasteiger partial charge in [0.2, 0.25) is 11.8 Å². The number of aromatic amines is 1. The predicted molar refractivity (Wildman–Crippen MR) is 118 cm³/mol. The van der Waals surface area contributed by atoms with E-state index >= 15 is 0 Å². The maximum Gasteiger partial charge on any atom is 0.338 e. The Morgan fingerprint density at radius 3 is 2.45 bits per heavy atom. The molecule has 31 heavy (non-hydrogen) atoms. The Hall–Kier alpha value is -3.59. The SMILES string of the molecule is CCOC(=O)c1ccc(NC(=O)[C@@H](C)Sc2nc(O)c(-c3ccccc3)c(=O)[nH]2)cc1. The van der Waals surface area contributed by atoms with Crippen LogP contribution in [0.2, 0.25) is 0 Å². The van der Waals surface area contributed by atoms with Crippen LogP contribution in [-0.4, -0.2) is 38.8 Å². The molecule has 3 N–H and O–H groups in total. The summed E-state index contributed by atoms with van der Waals surface area (Å²) in [7, 11) is 0. The first-order valence-corrected chi connectivity index (χ1v) is 10.4. The zero-order valence-corrected chi connectivity index (χ0v) is 17.7. The number of carbonyl (C=O) groups is 2. The molecule has 0 radical (unpaired) electrons. The molecule has 1 amide bonds. The van der Waals surface area contributed by atoms with Crippen LogP contribution in [-0.2, 0) is 9.53 Å². The molecule has 3 rings (SSSR count). The fourth-order valence-electron chi connectivity index (χ4n) is 2.73. The van der Waals surface area contributed by atoms with E-state index in [1.54, 1.807) is 68.4 Å². The van der Waals surface area contributed by atoms with Crippen molar-refractivity contribution in [2.75, 3.05) is 11.9 Å². The molecule has 0 unspecified atom stereocenters. The van der Waals surface area contributed by atoms with Crippen molar-refractivity contribution in [1.82, 2.24) is 9.97 Å². The number of rotatable bonds is 7. The molecule has 0 saturated carbocycles. The Labute approximate surface area is 182 Å². The van der Waals surface area contributed by atoms with Crippen LogP contribution < -0.4 is 10.9 Å². The highest BCUT2D eigenvalue weighted by Crippen LogP contribution is 2.27. The van der Waals surface area contributed by atoms with Crippen molar-refractivity contribution in [1.29, 1.82) is 0 Å². The number of nitrogens with zero attached hydrogens (tertiary/aromatic N) is 1. The summed E-state index contributed by atoms with van der Waals surface area (Å²) in [6.07, 6.45) is 0. The Balaban J connectivity index is 1.67. The molecule has 0 saturated heterocycles. The molecule has 8 nitrogen and oxygen atoms in total. The maximum atomic E-state index is 12.5. The van der Waals surface area contributed by atoms with Crippen LogP contribution in [0.3, 0.4) is 0 Å².